The van der Waals surface area contributed by atoms with E-state index in [1.807, 2.05) is 66.3 Å². The molecule has 1 atom stereocenters. The van der Waals surface area contributed by atoms with Crippen LogP contribution >= 0.6 is 34.5 Å². The molecule has 3 aromatic heterocycles. The first-order valence-corrected chi connectivity index (χ1v) is 9.90. The van der Waals surface area contributed by atoms with Crippen molar-refractivity contribution in [1.29, 1.82) is 0 Å². The fraction of sp³-hybridized carbons (Fsp3) is 0.0952. The Kier molecular flexibility index (Phi) is 5.06. The number of aliphatic hydroxyl groups is 1. The number of thiophene rings is 1. The molecule has 6 heteroatoms. The van der Waals surface area contributed by atoms with E-state index in [1.165, 1.54) is 11.3 Å². The Morgan fingerprint density at radius 3 is 2.48 bits per heavy atom. The molecular weight excluding hydrogens is 399 g/mol. The number of aryl methyl sites for hydroxylation is 1. The van der Waals surface area contributed by atoms with Crippen LogP contribution in [0.5, 0.6) is 0 Å². The molecule has 0 aliphatic heterocycles. The van der Waals surface area contributed by atoms with Gasteiger partial charge >= 0.3 is 0 Å². The maximum absolute atomic E-state index is 11.2. The van der Waals surface area contributed by atoms with Gasteiger partial charge in [-0.2, -0.15) is 0 Å². The number of nitrogens with zero attached hydrogens (tertiary/aromatic N) is 2. The lowest BCUT2D eigenvalue weighted by molar-refractivity contribution is 0.221. The molecule has 1 N–H and O–H groups in total. The quantitative estimate of drug-likeness (QED) is 0.431. The number of rotatable bonds is 4. The third kappa shape index (κ3) is 3.54. The number of hydrogen-bond donors (Lipinski definition) is 1. The first-order chi connectivity index (χ1) is 13.0. The zero-order valence-corrected chi connectivity index (χ0v) is 16.8. The van der Waals surface area contributed by atoms with Gasteiger partial charge in [-0.05, 0) is 35.9 Å². The van der Waals surface area contributed by atoms with Gasteiger partial charge in [0.2, 0.25) is 0 Å². The van der Waals surface area contributed by atoms with Crippen LogP contribution in [0.4, 0.5) is 0 Å². The summed E-state index contributed by atoms with van der Waals surface area (Å²) in [5, 5.41) is 11.9. The Bertz CT molecular complexity index is 1070. The second-order valence-corrected chi connectivity index (χ2v) is 8.37. The molecule has 0 saturated carbocycles. The van der Waals surface area contributed by atoms with Crippen molar-refractivity contribution in [3.63, 3.8) is 0 Å². The smallest absolute Gasteiger partial charge is 0.108 e. The van der Waals surface area contributed by atoms with Gasteiger partial charge < -0.3 is 9.67 Å². The van der Waals surface area contributed by atoms with Gasteiger partial charge in [0, 0.05) is 47.4 Å². The van der Waals surface area contributed by atoms with Crippen LogP contribution in [0.25, 0.3) is 21.7 Å². The Hall–Kier alpha value is -2.11. The molecule has 136 valence electrons. The number of benzene rings is 1. The van der Waals surface area contributed by atoms with Gasteiger partial charge in [-0.15, -0.1) is 11.3 Å². The average molecular weight is 415 g/mol. The van der Waals surface area contributed by atoms with Crippen molar-refractivity contribution < 1.29 is 5.11 Å². The van der Waals surface area contributed by atoms with E-state index >= 15 is 0 Å². The number of aromatic nitrogens is 2. The number of hydrogen-bond acceptors (Lipinski definition) is 3. The molecule has 0 spiro atoms. The molecule has 4 rings (SSSR count). The molecule has 0 saturated heterocycles. The fourth-order valence-electron chi connectivity index (χ4n) is 3.23. The van der Waals surface area contributed by atoms with Crippen LogP contribution in [-0.4, -0.2) is 14.7 Å². The van der Waals surface area contributed by atoms with Gasteiger partial charge in [0.15, 0.2) is 0 Å². The van der Waals surface area contributed by atoms with E-state index in [0.717, 1.165) is 32.8 Å². The minimum absolute atomic E-state index is 0.675. The van der Waals surface area contributed by atoms with E-state index in [1.54, 1.807) is 12.4 Å². The molecule has 0 radical (unpaired) electrons. The zero-order chi connectivity index (χ0) is 19.0. The van der Waals surface area contributed by atoms with Crippen LogP contribution in [0, 0.1) is 0 Å². The molecule has 0 bridgehead atoms. The van der Waals surface area contributed by atoms with Gasteiger partial charge in [-0.1, -0.05) is 41.4 Å². The summed E-state index contributed by atoms with van der Waals surface area (Å²) < 4.78 is 2.74. The third-order valence-electron chi connectivity index (χ3n) is 4.46. The van der Waals surface area contributed by atoms with E-state index in [4.69, 9.17) is 23.2 Å². The summed E-state index contributed by atoms with van der Waals surface area (Å²) in [7, 11) is 1.97. The molecule has 3 nitrogen and oxygen atoms in total. The van der Waals surface area contributed by atoms with Crippen molar-refractivity contribution in [2.75, 3.05) is 0 Å². The maximum atomic E-state index is 11.2. The monoisotopic (exact) mass is 414 g/mol. The SMILES string of the molecule is Cn1cc(-c2ccc(Cl)cc2)c(C(O)c2cccnc2)c1-c1ccc(Cl)s1. The zero-order valence-electron chi connectivity index (χ0n) is 14.4. The van der Waals surface area contributed by atoms with Crippen molar-refractivity contribution in [1.82, 2.24) is 9.55 Å². The summed E-state index contributed by atoms with van der Waals surface area (Å²) in [6, 6.07) is 15.2. The first-order valence-electron chi connectivity index (χ1n) is 8.33. The summed E-state index contributed by atoms with van der Waals surface area (Å²) in [4.78, 5) is 5.16. The van der Waals surface area contributed by atoms with Crippen LogP contribution in [0.1, 0.15) is 17.2 Å². The van der Waals surface area contributed by atoms with Crippen molar-refractivity contribution >= 4 is 34.5 Å². The summed E-state index contributed by atoms with van der Waals surface area (Å²) in [5.41, 5.74) is 4.44. The van der Waals surface area contributed by atoms with E-state index in [9.17, 15) is 5.11 Å². The van der Waals surface area contributed by atoms with Gasteiger partial charge in [0.1, 0.15) is 6.10 Å². The predicted molar refractivity (Wildman–Crippen MR) is 112 cm³/mol. The molecule has 1 aromatic carbocycles. The molecule has 0 amide bonds. The topological polar surface area (TPSA) is 38.0 Å². The van der Waals surface area contributed by atoms with Gasteiger partial charge in [-0.25, -0.2) is 0 Å². The second-order valence-electron chi connectivity index (χ2n) is 6.22. The molecule has 27 heavy (non-hydrogen) atoms. The molecule has 4 aromatic rings. The Labute approximate surface area is 171 Å². The standard InChI is InChI=1S/C21H16Cl2N2OS/c1-25-12-16(13-4-6-15(22)7-5-13)19(20(25)17-8-9-18(23)27-17)21(26)14-3-2-10-24-11-14/h2-12,21,26H,1H3. The van der Waals surface area contributed by atoms with Crippen molar-refractivity contribution in [3.8, 4) is 21.7 Å². The molecule has 0 fully saturated rings. The van der Waals surface area contributed by atoms with Gasteiger partial charge in [0.05, 0.1) is 14.9 Å². The van der Waals surface area contributed by atoms with Crippen LogP contribution in [0.2, 0.25) is 9.36 Å². The van der Waals surface area contributed by atoms with Gasteiger partial charge in [0.25, 0.3) is 0 Å². The predicted octanol–water partition coefficient (Wildman–Crippen LogP) is 6.20. The normalized spacial score (nSPS) is 12.3. The fourth-order valence-corrected chi connectivity index (χ4v) is 4.51. The van der Waals surface area contributed by atoms with Crippen LogP contribution in [0.15, 0.2) is 67.1 Å². The van der Waals surface area contributed by atoms with E-state index in [2.05, 4.69) is 4.98 Å². The summed E-state index contributed by atoms with van der Waals surface area (Å²) in [6.45, 7) is 0. The Morgan fingerprint density at radius 2 is 1.85 bits per heavy atom. The lowest BCUT2D eigenvalue weighted by Crippen LogP contribution is -2.03. The Balaban J connectivity index is 1.95. The van der Waals surface area contributed by atoms with Crippen molar-refractivity contribution in [3.05, 3.63) is 87.6 Å². The Morgan fingerprint density at radius 1 is 1.07 bits per heavy atom. The minimum Gasteiger partial charge on any atom is -0.383 e. The highest BCUT2D eigenvalue weighted by Crippen LogP contribution is 2.43. The maximum Gasteiger partial charge on any atom is 0.108 e. The van der Waals surface area contributed by atoms with E-state index in [0.29, 0.717) is 9.36 Å². The van der Waals surface area contributed by atoms with Crippen LogP contribution < -0.4 is 0 Å². The average Bonchev–Trinajstić information content (AvgIpc) is 3.25. The third-order valence-corrected chi connectivity index (χ3v) is 5.95. The van der Waals surface area contributed by atoms with Crippen molar-refractivity contribution in [2.45, 2.75) is 6.10 Å². The highest BCUT2D eigenvalue weighted by atomic mass is 35.5. The van der Waals surface area contributed by atoms with E-state index < -0.39 is 6.10 Å². The minimum atomic E-state index is -0.818. The summed E-state index contributed by atoms with van der Waals surface area (Å²) in [6.07, 6.45) is 4.60. The number of halogens is 2. The largest absolute Gasteiger partial charge is 0.383 e. The molecule has 0 aliphatic rings. The molecular formula is C21H16Cl2N2OS. The second kappa shape index (κ2) is 7.49. The summed E-state index contributed by atoms with van der Waals surface area (Å²) >= 11 is 13.7. The molecule has 0 aliphatic carbocycles. The summed E-state index contributed by atoms with van der Waals surface area (Å²) in [5.74, 6) is 0. The first kappa shape index (κ1) is 18.3. The van der Waals surface area contributed by atoms with Crippen molar-refractivity contribution in [2.24, 2.45) is 7.05 Å². The number of aliphatic hydroxyl groups excluding tert-OH is 1. The van der Waals surface area contributed by atoms with E-state index in [-0.39, 0.29) is 0 Å². The highest BCUT2D eigenvalue weighted by molar-refractivity contribution is 7.19. The van der Waals surface area contributed by atoms with Gasteiger partial charge in [-0.3, -0.25) is 4.98 Å². The number of pyridine rings is 1. The van der Waals surface area contributed by atoms with Crippen LogP contribution in [-0.2, 0) is 7.05 Å². The molecule has 3 heterocycles. The lowest BCUT2D eigenvalue weighted by Gasteiger charge is -2.15. The highest BCUT2D eigenvalue weighted by Gasteiger charge is 2.25. The lowest BCUT2D eigenvalue weighted by atomic mass is 9.95. The van der Waals surface area contributed by atoms with Crippen LogP contribution in [0.3, 0.4) is 0 Å². The molecule has 1 unspecified atom stereocenters.